The molecule has 0 aliphatic heterocycles. The average Bonchev–Trinajstić information content (AvgIpc) is 2.97. The van der Waals surface area contributed by atoms with Crippen molar-refractivity contribution in [2.24, 2.45) is 0 Å². The second-order valence-corrected chi connectivity index (χ2v) is 7.01. The molecule has 0 spiro atoms. The van der Waals surface area contributed by atoms with Gasteiger partial charge in [0.05, 0.1) is 11.6 Å². The van der Waals surface area contributed by atoms with Crippen molar-refractivity contribution in [1.82, 2.24) is 10.3 Å². The lowest BCUT2D eigenvalue weighted by molar-refractivity contribution is 0.170. The fourth-order valence-electron chi connectivity index (χ4n) is 3.97. The zero-order valence-electron chi connectivity index (χ0n) is 14.6. The normalized spacial score (nSPS) is 20.2. The molecule has 4 N–H and O–H groups in total. The summed E-state index contributed by atoms with van der Waals surface area (Å²) in [5.41, 5.74) is 3.49. The Morgan fingerprint density at radius 2 is 2.00 bits per heavy atom. The molecule has 0 amide bonds. The van der Waals surface area contributed by atoms with E-state index in [0.29, 0.717) is 28.9 Å². The minimum Gasteiger partial charge on any atom is -0.506 e. The van der Waals surface area contributed by atoms with Crippen molar-refractivity contribution >= 4 is 10.9 Å². The van der Waals surface area contributed by atoms with Crippen molar-refractivity contribution in [2.45, 2.75) is 31.4 Å². The number of pyridine rings is 1. The number of aromatic amines is 1. The molecule has 5 heteroatoms. The molecule has 1 aliphatic rings. The van der Waals surface area contributed by atoms with Crippen LogP contribution in [0.4, 0.5) is 0 Å². The van der Waals surface area contributed by atoms with Crippen molar-refractivity contribution in [1.29, 1.82) is 0 Å². The molecule has 1 aliphatic carbocycles. The van der Waals surface area contributed by atoms with Crippen LogP contribution >= 0.6 is 0 Å². The monoisotopic (exact) mass is 350 g/mol. The third kappa shape index (κ3) is 2.89. The lowest BCUT2D eigenvalue weighted by Crippen LogP contribution is -2.35. The first-order chi connectivity index (χ1) is 12.5. The molecular formula is C21H22N2O3. The molecule has 0 saturated carbocycles. The van der Waals surface area contributed by atoms with Crippen LogP contribution in [0, 0.1) is 0 Å². The van der Waals surface area contributed by atoms with Gasteiger partial charge in [0.2, 0.25) is 5.56 Å². The highest BCUT2D eigenvalue weighted by Crippen LogP contribution is 2.33. The van der Waals surface area contributed by atoms with E-state index in [9.17, 15) is 15.0 Å². The molecule has 3 atom stereocenters. The highest BCUT2D eigenvalue weighted by atomic mass is 16.3. The van der Waals surface area contributed by atoms with Gasteiger partial charge in [0.25, 0.3) is 0 Å². The van der Waals surface area contributed by atoms with Gasteiger partial charge in [0, 0.05) is 24.0 Å². The van der Waals surface area contributed by atoms with E-state index in [-0.39, 0.29) is 17.4 Å². The molecule has 1 aromatic heterocycles. The minimum absolute atomic E-state index is 0.00136. The summed E-state index contributed by atoms with van der Waals surface area (Å²) in [5, 5.41) is 24.8. The Morgan fingerprint density at radius 3 is 2.81 bits per heavy atom. The second kappa shape index (κ2) is 6.59. The van der Waals surface area contributed by atoms with Gasteiger partial charge in [-0.3, -0.25) is 4.79 Å². The SMILES string of the molecule is CC1c2ccccc2CC1NCC(O)c1ccc(O)c2[nH]c(=O)ccc12. The standard InChI is InChI=1S/C21H22N2O3/c1-12-14-5-3-2-4-13(14)10-17(12)22-11-19(25)15-6-8-18(24)21-16(15)7-9-20(26)23-21/h2-9,12,17,19,22,24-25H,10-11H2,1H3,(H,23,26). The molecule has 134 valence electrons. The van der Waals surface area contributed by atoms with Crippen molar-refractivity contribution in [3.8, 4) is 5.75 Å². The highest BCUT2D eigenvalue weighted by Gasteiger charge is 2.28. The number of phenolic OH excluding ortho intramolecular Hbond substituents is 1. The van der Waals surface area contributed by atoms with Gasteiger partial charge < -0.3 is 20.5 Å². The van der Waals surface area contributed by atoms with E-state index in [1.165, 1.54) is 23.3 Å². The largest absolute Gasteiger partial charge is 0.506 e. The highest BCUT2D eigenvalue weighted by molar-refractivity contribution is 5.87. The van der Waals surface area contributed by atoms with Crippen molar-refractivity contribution in [3.63, 3.8) is 0 Å². The quantitative estimate of drug-likeness (QED) is 0.583. The van der Waals surface area contributed by atoms with Gasteiger partial charge in [0.1, 0.15) is 5.75 Å². The summed E-state index contributed by atoms with van der Waals surface area (Å²) in [6.07, 6.45) is 0.216. The maximum atomic E-state index is 11.5. The first-order valence-corrected chi connectivity index (χ1v) is 8.88. The molecule has 3 aromatic rings. The number of benzene rings is 2. The predicted octanol–water partition coefficient (Wildman–Crippen LogP) is 2.59. The van der Waals surface area contributed by atoms with Crippen molar-refractivity contribution in [3.05, 3.63) is 75.6 Å². The first-order valence-electron chi connectivity index (χ1n) is 8.88. The lowest BCUT2D eigenvalue weighted by Gasteiger charge is -2.21. The number of hydrogen-bond donors (Lipinski definition) is 4. The zero-order chi connectivity index (χ0) is 18.3. The van der Waals surface area contributed by atoms with Gasteiger partial charge in [-0.2, -0.15) is 0 Å². The van der Waals surface area contributed by atoms with Gasteiger partial charge in [-0.25, -0.2) is 0 Å². The van der Waals surface area contributed by atoms with Gasteiger partial charge in [0.15, 0.2) is 0 Å². The molecule has 5 nitrogen and oxygen atoms in total. The Balaban J connectivity index is 1.53. The number of aliphatic hydroxyl groups is 1. The summed E-state index contributed by atoms with van der Waals surface area (Å²) >= 11 is 0. The third-order valence-electron chi connectivity index (χ3n) is 5.43. The maximum absolute atomic E-state index is 11.5. The lowest BCUT2D eigenvalue weighted by atomic mass is 9.99. The summed E-state index contributed by atoms with van der Waals surface area (Å²) in [6.45, 7) is 2.61. The topological polar surface area (TPSA) is 85.3 Å². The Bertz CT molecular complexity index is 1010. The van der Waals surface area contributed by atoms with E-state index in [2.05, 4.69) is 41.5 Å². The van der Waals surface area contributed by atoms with Crippen molar-refractivity contribution in [2.75, 3.05) is 6.54 Å². The second-order valence-electron chi connectivity index (χ2n) is 7.01. The average molecular weight is 350 g/mol. The Hall–Kier alpha value is -2.63. The van der Waals surface area contributed by atoms with E-state index >= 15 is 0 Å². The van der Waals surface area contributed by atoms with Crippen LogP contribution in [0.1, 0.15) is 35.6 Å². The number of rotatable bonds is 4. The molecule has 0 radical (unpaired) electrons. The Labute approximate surface area is 151 Å². The summed E-state index contributed by atoms with van der Waals surface area (Å²) in [4.78, 5) is 14.2. The van der Waals surface area contributed by atoms with Crippen LogP contribution in [-0.4, -0.2) is 27.8 Å². The fourth-order valence-corrected chi connectivity index (χ4v) is 3.97. The number of hydrogen-bond acceptors (Lipinski definition) is 4. The van der Waals surface area contributed by atoms with Crippen LogP contribution in [0.15, 0.2) is 53.3 Å². The minimum atomic E-state index is -0.736. The van der Waals surface area contributed by atoms with Gasteiger partial charge >= 0.3 is 0 Å². The van der Waals surface area contributed by atoms with Crippen LogP contribution in [0.3, 0.4) is 0 Å². The van der Waals surface area contributed by atoms with E-state index in [4.69, 9.17) is 0 Å². The van der Waals surface area contributed by atoms with Crippen molar-refractivity contribution < 1.29 is 10.2 Å². The van der Waals surface area contributed by atoms with Gasteiger partial charge in [-0.15, -0.1) is 0 Å². The molecule has 1 heterocycles. The summed E-state index contributed by atoms with van der Waals surface area (Å²) in [6, 6.07) is 15.0. The number of aromatic nitrogens is 1. The number of fused-ring (bicyclic) bond motifs is 2. The number of H-pyrrole nitrogens is 1. The number of phenols is 1. The predicted molar refractivity (Wildman–Crippen MR) is 102 cm³/mol. The van der Waals surface area contributed by atoms with E-state index in [1.807, 2.05) is 0 Å². The Kier molecular flexibility index (Phi) is 4.26. The molecule has 0 fully saturated rings. The molecule has 26 heavy (non-hydrogen) atoms. The number of aliphatic hydroxyl groups excluding tert-OH is 1. The van der Waals surface area contributed by atoms with Crippen LogP contribution in [0.25, 0.3) is 10.9 Å². The number of aromatic hydroxyl groups is 1. The molecule has 4 rings (SSSR count). The number of nitrogens with one attached hydrogen (secondary N) is 2. The van der Waals surface area contributed by atoms with E-state index < -0.39 is 6.10 Å². The van der Waals surface area contributed by atoms with Crippen LogP contribution < -0.4 is 10.9 Å². The van der Waals surface area contributed by atoms with Crippen LogP contribution in [0.5, 0.6) is 5.75 Å². The third-order valence-corrected chi connectivity index (χ3v) is 5.43. The Morgan fingerprint density at radius 1 is 1.19 bits per heavy atom. The summed E-state index contributed by atoms with van der Waals surface area (Å²) in [5.74, 6) is 0.396. The van der Waals surface area contributed by atoms with Crippen LogP contribution in [0.2, 0.25) is 0 Å². The molecule has 3 unspecified atom stereocenters. The first kappa shape index (κ1) is 16.8. The smallest absolute Gasteiger partial charge is 0.248 e. The zero-order valence-corrected chi connectivity index (χ0v) is 14.6. The van der Waals surface area contributed by atoms with Gasteiger partial charge in [-0.05, 0) is 41.2 Å². The summed E-state index contributed by atoms with van der Waals surface area (Å²) < 4.78 is 0. The molecule has 0 saturated heterocycles. The summed E-state index contributed by atoms with van der Waals surface area (Å²) in [7, 11) is 0. The molecule has 2 aromatic carbocycles. The molecular weight excluding hydrogens is 328 g/mol. The van der Waals surface area contributed by atoms with E-state index in [0.717, 1.165) is 6.42 Å². The molecule has 0 bridgehead atoms. The van der Waals surface area contributed by atoms with Gasteiger partial charge in [-0.1, -0.05) is 37.3 Å². The van der Waals surface area contributed by atoms with Crippen LogP contribution in [-0.2, 0) is 6.42 Å². The fraction of sp³-hybridized carbons (Fsp3) is 0.286. The maximum Gasteiger partial charge on any atom is 0.248 e. The van der Waals surface area contributed by atoms with E-state index in [1.54, 1.807) is 12.1 Å².